The number of hydrogen-bond acceptors (Lipinski definition) is 2. The summed E-state index contributed by atoms with van der Waals surface area (Å²) in [4.78, 5) is 4.19. The smallest absolute Gasteiger partial charge is 0.149 e. The summed E-state index contributed by atoms with van der Waals surface area (Å²) in [5, 5.41) is 4.22. The zero-order valence-electron chi connectivity index (χ0n) is 10.2. The molecular weight excluding hydrogens is 282 g/mol. The van der Waals surface area contributed by atoms with Gasteiger partial charge in [0.1, 0.15) is 11.6 Å². The summed E-state index contributed by atoms with van der Waals surface area (Å²) in [6.45, 7) is 0. The number of hydrogen-bond donors (Lipinski definition) is 1. The number of nitrogens with zero attached hydrogens (tertiary/aromatic N) is 1. The molecule has 0 radical (unpaired) electrons. The van der Waals surface area contributed by atoms with E-state index in [1.165, 1.54) is 12.1 Å². The molecule has 0 bridgehead atoms. The van der Waals surface area contributed by atoms with Crippen molar-refractivity contribution in [2.24, 2.45) is 0 Å². The van der Waals surface area contributed by atoms with Crippen LogP contribution in [0.4, 0.5) is 20.2 Å². The largest absolute Gasteiger partial charge is 0.353 e. The Bertz CT molecular complexity index is 790. The van der Waals surface area contributed by atoms with Gasteiger partial charge in [-0.25, -0.2) is 8.78 Å². The van der Waals surface area contributed by atoms with Crippen molar-refractivity contribution in [1.29, 1.82) is 0 Å². The fourth-order valence-corrected chi connectivity index (χ4v) is 2.21. The van der Waals surface area contributed by atoms with Gasteiger partial charge in [0.2, 0.25) is 0 Å². The minimum absolute atomic E-state index is 0.193. The highest BCUT2D eigenvalue weighted by Crippen LogP contribution is 2.29. The summed E-state index contributed by atoms with van der Waals surface area (Å²) >= 11 is 6.07. The maximum atomic E-state index is 13.7. The van der Waals surface area contributed by atoms with Crippen molar-refractivity contribution in [3.63, 3.8) is 0 Å². The van der Waals surface area contributed by atoms with Crippen molar-refractivity contribution in [1.82, 2.24) is 4.98 Å². The average molecular weight is 291 g/mol. The molecule has 0 aliphatic carbocycles. The summed E-state index contributed by atoms with van der Waals surface area (Å²) in [6, 6.07) is 10.4. The molecule has 0 aliphatic rings. The van der Waals surface area contributed by atoms with Gasteiger partial charge in [-0.15, -0.1) is 0 Å². The Kier molecular flexibility index (Phi) is 3.24. The van der Waals surface area contributed by atoms with Crippen LogP contribution < -0.4 is 5.32 Å². The Morgan fingerprint density at radius 1 is 1.00 bits per heavy atom. The molecule has 2 aromatic carbocycles. The normalized spacial score (nSPS) is 10.8. The molecule has 0 spiro atoms. The van der Waals surface area contributed by atoms with Crippen LogP contribution in [0.15, 0.2) is 48.7 Å². The van der Waals surface area contributed by atoms with Gasteiger partial charge in [0.25, 0.3) is 0 Å². The quantitative estimate of drug-likeness (QED) is 0.725. The third-order valence-corrected chi connectivity index (χ3v) is 3.23. The molecule has 0 saturated carbocycles. The molecule has 0 aliphatic heterocycles. The van der Waals surface area contributed by atoms with Crippen molar-refractivity contribution < 1.29 is 8.78 Å². The molecular formula is C15H9ClF2N2. The van der Waals surface area contributed by atoms with Gasteiger partial charge >= 0.3 is 0 Å². The van der Waals surface area contributed by atoms with E-state index in [0.29, 0.717) is 16.2 Å². The topological polar surface area (TPSA) is 24.9 Å². The Labute approximate surface area is 119 Å². The first-order valence-electron chi connectivity index (χ1n) is 5.90. The zero-order valence-corrected chi connectivity index (χ0v) is 11.0. The van der Waals surface area contributed by atoms with Crippen LogP contribution in [0.1, 0.15) is 0 Å². The van der Waals surface area contributed by atoms with E-state index in [1.54, 1.807) is 24.4 Å². The molecule has 0 amide bonds. The average Bonchev–Trinajstić information content (AvgIpc) is 2.43. The van der Waals surface area contributed by atoms with E-state index >= 15 is 0 Å². The molecule has 1 N–H and O–H groups in total. The predicted molar refractivity (Wildman–Crippen MR) is 76.4 cm³/mol. The summed E-state index contributed by atoms with van der Waals surface area (Å²) in [6.07, 6.45) is 1.58. The molecule has 0 unspecified atom stereocenters. The lowest BCUT2D eigenvalue weighted by Gasteiger charge is -2.10. The monoisotopic (exact) mass is 290 g/mol. The van der Waals surface area contributed by atoms with Crippen LogP contribution in [0.3, 0.4) is 0 Å². The highest BCUT2D eigenvalue weighted by atomic mass is 35.5. The van der Waals surface area contributed by atoms with Crippen molar-refractivity contribution in [3.8, 4) is 0 Å². The van der Waals surface area contributed by atoms with Crippen molar-refractivity contribution in [2.45, 2.75) is 0 Å². The maximum absolute atomic E-state index is 13.7. The lowest BCUT2D eigenvalue weighted by molar-refractivity contribution is 0.586. The third-order valence-electron chi connectivity index (χ3n) is 2.92. The Balaban J connectivity index is 2.09. The number of para-hydroxylation sites is 1. The fraction of sp³-hybridized carbons (Fsp3) is 0. The molecule has 1 aromatic heterocycles. The van der Waals surface area contributed by atoms with Crippen molar-refractivity contribution in [2.75, 3.05) is 5.32 Å². The molecule has 0 fully saturated rings. The van der Waals surface area contributed by atoms with Crippen LogP contribution in [0, 0.1) is 11.6 Å². The van der Waals surface area contributed by atoms with Crippen LogP contribution in [0.25, 0.3) is 10.9 Å². The highest BCUT2D eigenvalue weighted by Gasteiger charge is 2.08. The van der Waals surface area contributed by atoms with Crippen LogP contribution >= 0.6 is 11.6 Å². The zero-order chi connectivity index (χ0) is 14.1. The number of fused-ring (bicyclic) bond motifs is 1. The van der Waals surface area contributed by atoms with Crippen LogP contribution in [-0.2, 0) is 0 Å². The second kappa shape index (κ2) is 5.06. The van der Waals surface area contributed by atoms with E-state index in [4.69, 9.17) is 11.6 Å². The molecule has 5 heteroatoms. The second-order valence-electron chi connectivity index (χ2n) is 4.24. The second-order valence-corrected chi connectivity index (χ2v) is 4.65. The molecule has 2 nitrogen and oxygen atoms in total. The Morgan fingerprint density at radius 2 is 1.85 bits per heavy atom. The molecule has 0 saturated heterocycles. The van der Waals surface area contributed by atoms with Gasteiger partial charge in [0, 0.05) is 23.3 Å². The van der Waals surface area contributed by atoms with E-state index < -0.39 is 11.6 Å². The fourth-order valence-electron chi connectivity index (χ4n) is 1.98. The van der Waals surface area contributed by atoms with Crippen LogP contribution in [-0.4, -0.2) is 4.98 Å². The number of anilines is 2. The van der Waals surface area contributed by atoms with Crippen LogP contribution in [0.5, 0.6) is 0 Å². The summed E-state index contributed by atoms with van der Waals surface area (Å²) < 4.78 is 26.6. The number of pyridine rings is 1. The molecule has 0 atom stereocenters. The van der Waals surface area contributed by atoms with Crippen LogP contribution in [0.2, 0.25) is 5.02 Å². The number of benzene rings is 2. The van der Waals surface area contributed by atoms with E-state index in [-0.39, 0.29) is 5.69 Å². The van der Waals surface area contributed by atoms with Gasteiger partial charge in [-0.05, 0) is 24.3 Å². The first-order chi connectivity index (χ1) is 9.65. The van der Waals surface area contributed by atoms with E-state index in [1.807, 2.05) is 6.07 Å². The molecule has 100 valence electrons. The number of halogens is 3. The van der Waals surface area contributed by atoms with E-state index in [0.717, 1.165) is 11.5 Å². The van der Waals surface area contributed by atoms with Gasteiger partial charge in [-0.2, -0.15) is 0 Å². The SMILES string of the molecule is Fc1ccc(Nc2ccnc3c(Cl)cccc23)c(F)c1. The summed E-state index contributed by atoms with van der Waals surface area (Å²) in [7, 11) is 0. The molecule has 20 heavy (non-hydrogen) atoms. The van der Waals surface area contributed by atoms with Crippen molar-refractivity contribution in [3.05, 3.63) is 65.3 Å². The van der Waals surface area contributed by atoms with Crippen molar-refractivity contribution >= 4 is 33.9 Å². The minimum Gasteiger partial charge on any atom is -0.353 e. The Hall–Kier alpha value is -2.20. The lowest BCUT2D eigenvalue weighted by atomic mass is 10.2. The first kappa shape index (κ1) is 12.8. The summed E-state index contributed by atoms with van der Waals surface area (Å²) in [5.41, 5.74) is 1.48. The molecule has 1 heterocycles. The third kappa shape index (κ3) is 2.30. The molecule has 3 aromatic rings. The van der Waals surface area contributed by atoms with Gasteiger partial charge in [-0.1, -0.05) is 23.7 Å². The van der Waals surface area contributed by atoms with E-state index in [9.17, 15) is 8.78 Å². The lowest BCUT2D eigenvalue weighted by Crippen LogP contribution is -1.96. The predicted octanol–water partition coefficient (Wildman–Crippen LogP) is 4.91. The first-order valence-corrected chi connectivity index (χ1v) is 6.28. The minimum atomic E-state index is -0.656. The van der Waals surface area contributed by atoms with Gasteiger partial charge < -0.3 is 5.32 Å². The number of nitrogens with one attached hydrogen (secondary N) is 1. The number of rotatable bonds is 2. The summed E-state index contributed by atoms with van der Waals surface area (Å²) in [5.74, 6) is -1.27. The number of aromatic nitrogens is 1. The van der Waals surface area contributed by atoms with Gasteiger partial charge in [0.15, 0.2) is 0 Å². The molecule has 3 rings (SSSR count). The van der Waals surface area contributed by atoms with Gasteiger partial charge in [-0.3, -0.25) is 4.98 Å². The Morgan fingerprint density at radius 3 is 2.65 bits per heavy atom. The van der Waals surface area contributed by atoms with E-state index in [2.05, 4.69) is 10.3 Å². The van der Waals surface area contributed by atoms with Gasteiger partial charge in [0.05, 0.1) is 16.2 Å². The standard InChI is InChI=1S/C15H9ClF2N2/c16-11-3-1-2-10-13(6-7-19-15(10)11)20-14-5-4-9(17)8-12(14)18/h1-8H,(H,19,20). The highest BCUT2D eigenvalue weighted by molar-refractivity contribution is 6.35. The maximum Gasteiger partial charge on any atom is 0.149 e.